The Morgan fingerprint density at radius 2 is 2.00 bits per heavy atom. The lowest BCUT2D eigenvalue weighted by Gasteiger charge is -1.98. The first-order chi connectivity index (χ1) is 9.01. The number of aliphatic carboxylic acids is 1. The number of carboxylic acids is 1. The minimum absolute atomic E-state index is 0.0231. The molecule has 1 saturated carbocycles. The van der Waals surface area contributed by atoms with Crippen molar-refractivity contribution in [1.82, 2.24) is 10.2 Å². The molecule has 2 atom stereocenters. The van der Waals surface area contributed by atoms with Crippen molar-refractivity contribution in [3.63, 3.8) is 0 Å². The number of hydrogen-bond acceptors (Lipinski definition) is 2. The van der Waals surface area contributed by atoms with E-state index in [4.69, 9.17) is 0 Å². The first kappa shape index (κ1) is 12.0. The van der Waals surface area contributed by atoms with E-state index in [1.54, 1.807) is 0 Å². The van der Waals surface area contributed by atoms with Gasteiger partial charge in [-0.3, -0.25) is 9.89 Å². The number of aromatic amines is 1. The van der Waals surface area contributed by atoms with Crippen LogP contribution in [-0.4, -0.2) is 21.3 Å². The molecular formula is C15H16N2O2. The van der Waals surface area contributed by atoms with Gasteiger partial charge in [-0.25, -0.2) is 0 Å². The molecule has 19 heavy (non-hydrogen) atoms. The van der Waals surface area contributed by atoms with Gasteiger partial charge in [-0.15, -0.1) is 0 Å². The molecule has 1 aliphatic carbocycles. The summed E-state index contributed by atoms with van der Waals surface area (Å²) in [5.74, 6) is -1.03. The lowest BCUT2D eigenvalue weighted by molar-refractivity contribution is -0.139. The normalized spacial score (nSPS) is 24.1. The van der Waals surface area contributed by atoms with E-state index < -0.39 is 5.97 Å². The van der Waals surface area contributed by atoms with Gasteiger partial charge < -0.3 is 5.11 Å². The van der Waals surface area contributed by atoms with Crippen LogP contribution in [0, 0.1) is 11.3 Å². The second-order valence-corrected chi connectivity index (χ2v) is 5.69. The molecule has 0 amide bonds. The van der Waals surface area contributed by atoms with Crippen LogP contribution in [0.1, 0.15) is 25.5 Å². The van der Waals surface area contributed by atoms with Gasteiger partial charge in [-0.1, -0.05) is 44.2 Å². The van der Waals surface area contributed by atoms with Crippen molar-refractivity contribution in [2.75, 3.05) is 0 Å². The maximum absolute atomic E-state index is 11.2. The number of rotatable bonds is 3. The van der Waals surface area contributed by atoms with Gasteiger partial charge in [0.25, 0.3) is 0 Å². The summed E-state index contributed by atoms with van der Waals surface area (Å²) in [4.78, 5) is 11.2. The predicted molar refractivity (Wildman–Crippen MR) is 71.7 cm³/mol. The number of carbonyl (C=O) groups is 1. The fourth-order valence-electron chi connectivity index (χ4n) is 2.93. The zero-order valence-corrected chi connectivity index (χ0v) is 10.9. The summed E-state index contributed by atoms with van der Waals surface area (Å²) in [6.45, 7) is 3.97. The Morgan fingerprint density at radius 1 is 1.32 bits per heavy atom. The molecule has 3 rings (SSSR count). The molecule has 1 aromatic heterocycles. The van der Waals surface area contributed by atoms with E-state index in [2.05, 4.69) is 10.2 Å². The van der Waals surface area contributed by atoms with Crippen LogP contribution in [0.25, 0.3) is 11.3 Å². The Hall–Kier alpha value is -2.10. The maximum Gasteiger partial charge on any atom is 0.307 e. The third kappa shape index (κ3) is 1.84. The van der Waals surface area contributed by atoms with Crippen molar-refractivity contribution < 1.29 is 9.90 Å². The van der Waals surface area contributed by atoms with Crippen molar-refractivity contribution in [2.45, 2.75) is 19.8 Å². The monoisotopic (exact) mass is 256 g/mol. The molecule has 0 saturated heterocycles. The molecule has 0 radical (unpaired) electrons. The molecule has 1 fully saturated rings. The summed E-state index contributed by atoms with van der Waals surface area (Å²) < 4.78 is 0. The molecule has 0 spiro atoms. The molecule has 2 aromatic rings. The molecule has 1 aliphatic rings. The fraction of sp³-hybridized carbons (Fsp3) is 0.333. The van der Waals surface area contributed by atoms with Gasteiger partial charge in [-0.2, -0.15) is 5.10 Å². The van der Waals surface area contributed by atoms with E-state index in [0.717, 1.165) is 17.0 Å². The second-order valence-electron chi connectivity index (χ2n) is 5.69. The molecule has 98 valence electrons. The van der Waals surface area contributed by atoms with Crippen LogP contribution in [0.5, 0.6) is 0 Å². The maximum atomic E-state index is 11.2. The highest BCUT2D eigenvalue weighted by molar-refractivity contribution is 5.77. The standard InChI is InChI=1S/C15H16N2O2/c1-15(2)12(13(15)14(18)19)11-8-10(16-17-11)9-6-4-3-5-7-9/h3-8,12-13H,1-2H3,(H,16,17)(H,18,19). The van der Waals surface area contributed by atoms with Gasteiger partial charge >= 0.3 is 5.97 Å². The zero-order chi connectivity index (χ0) is 13.6. The smallest absolute Gasteiger partial charge is 0.307 e. The topological polar surface area (TPSA) is 66.0 Å². The van der Waals surface area contributed by atoms with E-state index in [9.17, 15) is 9.90 Å². The summed E-state index contributed by atoms with van der Waals surface area (Å²) in [5.41, 5.74) is 2.61. The number of nitrogens with one attached hydrogen (secondary N) is 1. The minimum atomic E-state index is -0.731. The molecule has 4 nitrogen and oxygen atoms in total. The molecule has 0 aliphatic heterocycles. The van der Waals surface area contributed by atoms with Crippen LogP contribution >= 0.6 is 0 Å². The largest absolute Gasteiger partial charge is 0.481 e. The molecule has 4 heteroatoms. The van der Waals surface area contributed by atoms with Crippen molar-refractivity contribution in [1.29, 1.82) is 0 Å². The van der Waals surface area contributed by atoms with E-state index in [-0.39, 0.29) is 17.3 Å². The summed E-state index contributed by atoms with van der Waals surface area (Å²) in [6.07, 6.45) is 0. The van der Waals surface area contributed by atoms with Gasteiger partial charge in [0, 0.05) is 17.2 Å². The lowest BCUT2D eigenvalue weighted by Crippen LogP contribution is -2.03. The van der Waals surface area contributed by atoms with Gasteiger partial charge in [0.2, 0.25) is 0 Å². The van der Waals surface area contributed by atoms with Crippen LogP contribution in [-0.2, 0) is 4.79 Å². The fourth-order valence-corrected chi connectivity index (χ4v) is 2.93. The van der Waals surface area contributed by atoms with Gasteiger partial charge in [0.1, 0.15) is 0 Å². The van der Waals surface area contributed by atoms with E-state index in [0.29, 0.717) is 0 Å². The number of H-pyrrole nitrogens is 1. The lowest BCUT2D eigenvalue weighted by atomic mass is 10.1. The summed E-state index contributed by atoms with van der Waals surface area (Å²) in [6, 6.07) is 11.8. The van der Waals surface area contributed by atoms with Crippen LogP contribution < -0.4 is 0 Å². The third-order valence-electron chi connectivity index (χ3n) is 4.10. The number of aromatic nitrogens is 2. The Morgan fingerprint density at radius 3 is 2.58 bits per heavy atom. The van der Waals surface area contributed by atoms with Gasteiger partial charge in [0.05, 0.1) is 11.6 Å². The van der Waals surface area contributed by atoms with Crippen LogP contribution in [0.15, 0.2) is 36.4 Å². The summed E-state index contributed by atoms with van der Waals surface area (Å²) in [7, 11) is 0. The Bertz CT molecular complexity index is 616. The van der Waals surface area contributed by atoms with Crippen molar-refractivity contribution in [3.05, 3.63) is 42.1 Å². The van der Waals surface area contributed by atoms with Crippen LogP contribution in [0.4, 0.5) is 0 Å². The molecule has 1 heterocycles. The van der Waals surface area contributed by atoms with Gasteiger partial charge in [-0.05, 0) is 11.5 Å². The number of benzene rings is 1. The molecule has 2 unspecified atom stereocenters. The first-order valence-corrected chi connectivity index (χ1v) is 6.35. The number of carboxylic acid groups (broad SMARTS) is 1. The Kier molecular flexibility index (Phi) is 2.49. The van der Waals surface area contributed by atoms with E-state index in [1.165, 1.54) is 0 Å². The summed E-state index contributed by atoms with van der Waals surface area (Å²) >= 11 is 0. The zero-order valence-electron chi connectivity index (χ0n) is 10.9. The van der Waals surface area contributed by atoms with E-state index in [1.807, 2.05) is 50.2 Å². The average molecular weight is 256 g/mol. The van der Waals surface area contributed by atoms with Gasteiger partial charge in [0.15, 0.2) is 0 Å². The van der Waals surface area contributed by atoms with Crippen LogP contribution in [0.2, 0.25) is 0 Å². The Labute approximate surface area is 111 Å². The molecule has 1 aromatic carbocycles. The first-order valence-electron chi connectivity index (χ1n) is 6.35. The molecule has 2 N–H and O–H groups in total. The van der Waals surface area contributed by atoms with Crippen molar-refractivity contribution in [3.8, 4) is 11.3 Å². The highest BCUT2D eigenvalue weighted by atomic mass is 16.4. The van der Waals surface area contributed by atoms with Crippen LogP contribution in [0.3, 0.4) is 0 Å². The molecular weight excluding hydrogens is 240 g/mol. The number of nitrogens with zero attached hydrogens (tertiary/aromatic N) is 1. The SMILES string of the molecule is CC1(C)C(C(=O)O)C1c1cc(-c2ccccc2)n[nH]1. The third-order valence-corrected chi connectivity index (χ3v) is 4.10. The molecule has 0 bridgehead atoms. The Balaban J connectivity index is 1.90. The van der Waals surface area contributed by atoms with Crippen molar-refractivity contribution >= 4 is 5.97 Å². The summed E-state index contributed by atoms with van der Waals surface area (Å²) in [5, 5.41) is 16.5. The van der Waals surface area contributed by atoms with E-state index >= 15 is 0 Å². The average Bonchev–Trinajstić information content (AvgIpc) is 2.76. The highest BCUT2D eigenvalue weighted by Crippen LogP contribution is 2.64. The highest BCUT2D eigenvalue weighted by Gasteiger charge is 2.63. The minimum Gasteiger partial charge on any atom is -0.481 e. The quantitative estimate of drug-likeness (QED) is 0.887. The predicted octanol–water partition coefficient (Wildman–Crippen LogP) is 2.90. The van der Waals surface area contributed by atoms with Crippen molar-refractivity contribution in [2.24, 2.45) is 11.3 Å². The number of hydrogen-bond donors (Lipinski definition) is 2. The second kappa shape index (κ2) is 3.95.